The number of anilines is 1. The number of ether oxygens (including phenoxy) is 1. The van der Waals surface area contributed by atoms with Crippen LogP contribution in [-0.4, -0.2) is 28.9 Å². The first-order valence-electron chi connectivity index (χ1n) is 10.5. The Morgan fingerprint density at radius 1 is 0.706 bits per heavy atom. The zero-order valence-corrected chi connectivity index (χ0v) is 19.4. The quantitative estimate of drug-likeness (QED) is 0.319. The van der Waals surface area contributed by atoms with Crippen molar-refractivity contribution in [2.24, 2.45) is 0 Å². The lowest BCUT2D eigenvalue weighted by Crippen LogP contribution is -2.48. The summed E-state index contributed by atoms with van der Waals surface area (Å²) in [5.74, 6) is -0.484. The fraction of sp³-hybridized carbons (Fsp3) is 0.120. The van der Waals surface area contributed by atoms with Crippen molar-refractivity contribution in [1.82, 2.24) is 16.2 Å². The Hall–Kier alpha value is -4.24. The van der Waals surface area contributed by atoms with Gasteiger partial charge in [0, 0.05) is 22.4 Å². The van der Waals surface area contributed by atoms with Gasteiger partial charge in [0.2, 0.25) is 0 Å². The molecule has 0 unspecified atom stereocenters. The molecule has 0 fully saturated rings. The van der Waals surface area contributed by atoms with E-state index < -0.39 is 11.8 Å². The Labute approximate surface area is 202 Å². The molecular weight excluding hydrogens is 452 g/mol. The van der Waals surface area contributed by atoms with E-state index in [4.69, 9.17) is 17.0 Å². The fourth-order valence-electron chi connectivity index (χ4n) is 2.85. The molecule has 0 aliphatic rings. The molecule has 4 N–H and O–H groups in total. The van der Waals surface area contributed by atoms with E-state index in [1.807, 2.05) is 19.9 Å². The van der Waals surface area contributed by atoms with Crippen LogP contribution >= 0.6 is 12.2 Å². The summed E-state index contributed by atoms with van der Waals surface area (Å²) >= 11 is 5.07. The van der Waals surface area contributed by atoms with Crippen LogP contribution in [0.25, 0.3) is 0 Å². The van der Waals surface area contributed by atoms with Crippen molar-refractivity contribution in [3.8, 4) is 5.75 Å². The second-order valence-electron chi connectivity index (χ2n) is 7.45. The minimum Gasteiger partial charge on any atom is -0.491 e. The molecule has 0 bridgehead atoms. The highest BCUT2D eigenvalue weighted by Gasteiger charge is 2.11. The second kappa shape index (κ2) is 11.6. The molecule has 3 rings (SSSR count). The zero-order chi connectivity index (χ0) is 24.5. The van der Waals surface area contributed by atoms with Gasteiger partial charge in [0.25, 0.3) is 17.7 Å². The van der Waals surface area contributed by atoms with Crippen molar-refractivity contribution in [1.29, 1.82) is 0 Å². The van der Waals surface area contributed by atoms with Crippen molar-refractivity contribution in [3.05, 3.63) is 95.6 Å². The predicted molar refractivity (Wildman–Crippen MR) is 134 cm³/mol. The minimum absolute atomic E-state index is 0.0318. The van der Waals surface area contributed by atoms with Crippen molar-refractivity contribution in [3.63, 3.8) is 0 Å². The van der Waals surface area contributed by atoms with Gasteiger partial charge in [-0.15, -0.1) is 0 Å². The van der Waals surface area contributed by atoms with Gasteiger partial charge in [0.15, 0.2) is 5.11 Å². The summed E-state index contributed by atoms with van der Waals surface area (Å²) in [5.41, 5.74) is 6.71. The summed E-state index contributed by atoms with van der Waals surface area (Å²) in [7, 11) is 0. The van der Waals surface area contributed by atoms with Crippen LogP contribution in [-0.2, 0) is 0 Å². The summed E-state index contributed by atoms with van der Waals surface area (Å²) in [5, 5.41) is 5.19. The molecule has 3 aromatic rings. The van der Waals surface area contributed by atoms with Crippen molar-refractivity contribution in [2.45, 2.75) is 20.0 Å². The molecule has 174 valence electrons. The SMILES string of the molecule is CC(C)Oc1ccc(C(=O)NC(=S)NNC(=O)c2ccc(NC(=O)c3ccccc3)cc2)cc1. The number of thiocarbonyl (C=S) groups is 1. The molecular formula is C25H24N4O4S. The number of rotatable bonds is 6. The lowest BCUT2D eigenvalue weighted by Gasteiger charge is -2.12. The van der Waals surface area contributed by atoms with Gasteiger partial charge in [0.1, 0.15) is 5.75 Å². The number of benzene rings is 3. The molecule has 0 aromatic heterocycles. The van der Waals surface area contributed by atoms with Crippen molar-refractivity contribution < 1.29 is 19.1 Å². The minimum atomic E-state index is -0.465. The summed E-state index contributed by atoms with van der Waals surface area (Å²) in [6, 6.07) is 21.8. The molecule has 0 spiro atoms. The van der Waals surface area contributed by atoms with Crippen LogP contribution in [0.3, 0.4) is 0 Å². The molecule has 0 aliphatic heterocycles. The third-order valence-electron chi connectivity index (χ3n) is 4.45. The molecule has 8 nitrogen and oxygen atoms in total. The Balaban J connectivity index is 1.46. The van der Waals surface area contributed by atoms with E-state index in [1.54, 1.807) is 72.8 Å². The molecule has 3 aromatic carbocycles. The largest absolute Gasteiger partial charge is 0.491 e. The van der Waals surface area contributed by atoms with Crippen LogP contribution in [0.4, 0.5) is 5.69 Å². The van der Waals surface area contributed by atoms with Crippen LogP contribution in [0, 0.1) is 0 Å². The van der Waals surface area contributed by atoms with Crippen LogP contribution in [0.1, 0.15) is 44.9 Å². The predicted octanol–water partition coefficient (Wildman–Crippen LogP) is 3.68. The molecule has 0 saturated heterocycles. The van der Waals surface area contributed by atoms with E-state index in [-0.39, 0.29) is 17.1 Å². The van der Waals surface area contributed by atoms with Gasteiger partial charge in [-0.2, -0.15) is 0 Å². The van der Waals surface area contributed by atoms with Crippen LogP contribution in [0.5, 0.6) is 5.75 Å². The monoisotopic (exact) mass is 476 g/mol. The number of hydrogen-bond acceptors (Lipinski definition) is 5. The van der Waals surface area contributed by atoms with Crippen molar-refractivity contribution in [2.75, 3.05) is 5.32 Å². The summed E-state index contributed by atoms with van der Waals surface area (Å²) < 4.78 is 5.55. The highest BCUT2D eigenvalue weighted by atomic mass is 32.1. The first-order chi connectivity index (χ1) is 16.3. The van der Waals surface area contributed by atoms with Gasteiger partial charge in [-0.05, 0) is 86.7 Å². The van der Waals surface area contributed by atoms with Gasteiger partial charge < -0.3 is 10.1 Å². The molecule has 9 heteroatoms. The third kappa shape index (κ3) is 7.14. The summed E-state index contributed by atoms with van der Waals surface area (Å²) in [6.07, 6.45) is 0.0318. The molecule has 0 aliphatic carbocycles. The lowest BCUT2D eigenvalue weighted by molar-refractivity contribution is 0.0934. The topological polar surface area (TPSA) is 109 Å². The molecule has 0 saturated carbocycles. The average Bonchev–Trinajstić information content (AvgIpc) is 2.83. The Morgan fingerprint density at radius 3 is 1.88 bits per heavy atom. The Kier molecular flexibility index (Phi) is 8.31. The van der Waals surface area contributed by atoms with E-state index >= 15 is 0 Å². The first-order valence-corrected chi connectivity index (χ1v) is 10.9. The molecule has 0 heterocycles. The Morgan fingerprint density at radius 2 is 1.26 bits per heavy atom. The van der Waals surface area contributed by atoms with Gasteiger partial charge in [-0.1, -0.05) is 18.2 Å². The summed E-state index contributed by atoms with van der Waals surface area (Å²) in [4.78, 5) is 36.8. The van der Waals surface area contributed by atoms with Crippen LogP contribution in [0.15, 0.2) is 78.9 Å². The Bertz CT molecular complexity index is 1160. The summed E-state index contributed by atoms with van der Waals surface area (Å²) in [6.45, 7) is 3.83. The maximum atomic E-state index is 12.3. The van der Waals surface area contributed by atoms with Gasteiger partial charge in [-0.25, -0.2) is 0 Å². The van der Waals surface area contributed by atoms with Crippen LogP contribution in [0.2, 0.25) is 0 Å². The van der Waals surface area contributed by atoms with E-state index in [0.29, 0.717) is 28.1 Å². The maximum Gasteiger partial charge on any atom is 0.269 e. The van der Waals surface area contributed by atoms with Crippen LogP contribution < -0.4 is 26.2 Å². The standard InChI is InChI=1S/C25H24N4O4S/c1-16(2)33-21-14-10-18(11-15-21)23(31)27-25(34)29-28-24(32)19-8-12-20(13-9-19)26-22(30)17-6-4-3-5-7-17/h3-16H,1-2H3,(H,26,30)(H,28,32)(H2,27,29,31,34). The zero-order valence-electron chi connectivity index (χ0n) is 18.6. The van der Waals surface area contributed by atoms with E-state index in [1.165, 1.54) is 0 Å². The number of hydrogen-bond donors (Lipinski definition) is 4. The lowest BCUT2D eigenvalue weighted by atomic mass is 10.1. The highest BCUT2D eigenvalue weighted by Crippen LogP contribution is 2.14. The normalized spacial score (nSPS) is 10.2. The van der Waals surface area contributed by atoms with Gasteiger partial charge in [0.05, 0.1) is 6.10 Å². The number of nitrogens with one attached hydrogen (secondary N) is 4. The van der Waals surface area contributed by atoms with Crippen molar-refractivity contribution >= 4 is 40.7 Å². The van der Waals surface area contributed by atoms with Gasteiger partial charge >= 0.3 is 0 Å². The fourth-order valence-corrected chi connectivity index (χ4v) is 2.99. The number of carbonyl (C=O) groups excluding carboxylic acids is 3. The molecule has 34 heavy (non-hydrogen) atoms. The average molecular weight is 477 g/mol. The van der Waals surface area contributed by atoms with E-state index in [9.17, 15) is 14.4 Å². The number of hydrazine groups is 1. The van der Waals surface area contributed by atoms with Gasteiger partial charge in [-0.3, -0.25) is 30.6 Å². The molecule has 0 atom stereocenters. The molecule has 0 radical (unpaired) electrons. The second-order valence-corrected chi connectivity index (χ2v) is 7.86. The first kappa shape index (κ1) is 24.4. The number of carbonyl (C=O) groups is 3. The van der Waals surface area contributed by atoms with E-state index in [2.05, 4.69) is 21.5 Å². The smallest absolute Gasteiger partial charge is 0.269 e. The van der Waals surface area contributed by atoms with E-state index in [0.717, 1.165) is 0 Å². The molecule has 3 amide bonds. The highest BCUT2D eigenvalue weighted by molar-refractivity contribution is 7.80. The third-order valence-corrected chi connectivity index (χ3v) is 4.65. The number of amides is 3. The maximum absolute atomic E-state index is 12.3.